The van der Waals surface area contributed by atoms with E-state index in [0.29, 0.717) is 6.54 Å². The van der Waals surface area contributed by atoms with Gasteiger partial charge in [0.25, 0.3) is 0 Å². The Morgan fingerprint density at radius 3 is 3.15 bits per heavy atom. The van der Waals surface area contributed by atoms with Crippen molar-refractivity contribution in [3.63, 3.8) is 0 Å². The fourth-order valence-electron chi connectivity index (χ4n) is 1.02. The van der Waals surface area contributed by atoms with Crippen LogP contribution in [0.25, 0.3) is 0 Å². The number of nitrogens with one attached hydrogen (secondary N) is 2. The van der Waals surface area contributed by atoms with Crippen LogP contribution in [0.4, 0.5) is 5.69 Å². The van der Waals surface area contributed by atoms with Crippen LogP contribution in [0, 0.1) is 0 Å². The third-order valence-corrected chi connectivity index (χ3v) is 1.62. The number of anilines is 1. The number of hydrogen-bond donors (Lipinski definition) is 2. The number of H-pyrrole nitrogens is 1. The Balaban J connectivity index is 1.93. The van der Waals surface area contributed by atoms with Gasteiger partial charge in [0.1, 0.15) is 5.69 Å². The van der Waals surface area contributed by atoms with E-state index in [1.807, 2.05) is 13.2 Å². The Morgan fingerprint density at radius 1 is 1.62 bits per heavy atom. The summed E-state index contributed by atoms with van der Waals surface area (Å²) in [4.78, 5) is 0. The first-order valence-corrected chi connectivity index (χ1v) is 3.92. The van der Waals surface area contributed by atoms with Crippen LogP contribution in [0.2, 0.25) is 0 Å². The van der Waals surface area contributed by atoms with Crippen LogP contribution in [-0.2, 0) is 13.6 Å². The SMILES string of the molecule is Cn1cc(CNc2cn[nH]c2)nn1. The van der Waals surface area contributed by atoms with Gasteiger partial charge in [0.2, 0.25) is 0 Å². The van der Waals surface area contributed by atoms with E-state index >= 15 is 0 Å². The molecule has 0 aromatic carbocycles. The van der Waals surface area contributed by atoms with Crippen LogP contribution >= 0.6 is 0 Å². The highest BCUT2D eigenvalue weighted by atomic mass is 15.4. The van der Waals surface area contributed by atoms with Gasteiger partial charge in [-0.2, -0.15) is 5.10 Å². The van der Waals surface area contributed by atoms with Gasteiger partial charge < -0.3 is 5.32 Å². The van der Waals surface area contributed by atoms with Crippen LogP contribution in [0.15, 0.2) is 18.6 Å². The molecule has 0 unspecified atom stereocenters. The molecule has 2 rings (SSSR count). The number of aromatic amines is 1. The van der Waals surface area contributed by atoms with Gasteiger partial charge in [-0.25, -0.2) is 0 Å². The number of aromatic nitrogens is 5. The average Bonchev–Trinajstić information content (AvgIpc) is 2.71. The summed E-state index contributed by atoms with van der Waals surface area (Å²) in [5.74, 6) is 0. The zero-order chi connectivity index (χ0) is 9.10. The molecule has 13 heavy (non-hydrogen) atoms. The van der Waals surface area contributed by atoms with Crippen molar-refractivity contribution in [2.45, 2.75) is 6.54 Å². The summed E-state index contributed by atoms with van der Waals surface area (Å²) in [5.41, 5.74) is 1.86. The van der Waals surface area contributed by atoms with Crippen molar-refractivity contribution < 1.29 is 0 Å². The molecule has 2 heterocycles. The van der Waals surface area contributed by atoms with Gasteiger partial charge >= 0.3 is 0 Å². The highest BCUT2D eigenvalue weighted by Gasteiger charge is 1.97. The minimum absolute atomic E-state index is 0.660. The molecule has 6 heteroatoms. The smallest absolute Gasteiger partial charge is 0.102 e. The summed E-state index contributed by atoms with van der Waals surface area (Å²) in [6.07, 6.45) is 5.37. The fourth-order valence-corrected chi connectivity index (χ4v) is 1.02. The number of aryl methyl sites for hydroxylation is 1. The lowest BCUT2D eigenvalue weighted by molar-refractivity contribution is 0.713. The predicted octanol–water partition coefficient (Wildman–Crippen LogP) is 0.150. The van der Waals surface area contributed by atoms with E-state index in [0.717, 1.165) is 11.4 Å². The van der Waals surface area contributed by atoms with Gasteiger partial charge in [-0.05, 0) is 0 Å². The summed E-state index contributed by atoms with van der Waals surface area (Å²) in [6.45, 7) is 0.660. The van der Waals surface area contributed by atoms with Crippen molar-refractivity contribution in [2.24, 2.45) is 7.05 Å². The number of rotatable bonds is 3. The molecule has 2 N–H and O–H groups in total. The molecule has 0 bridgehead atoms. The van der Waals surface area contributed by atoms with Crippen molar-refractivity contribution in [1.29, 1.82) is 0 Å². The Labute approximate surface area is 75.0 Å². The number of hydrogen-bond acceptors (Lipinski definition) is 4. The molecule has 0 saturated carbocycles. The lowest BCUT2D eigenvalue weighted by Crippen LogP contribution is -1.98. The largest absolute Gasteiger partial charge is 0.377 e. The minimum atomic E-state index is 0.660. The van der Waals surface area contributed by atoms with Gasteiger partial charge in [0.15, 0.2) is 0 Å². The zero-order valence-electron chi connectivity index (χ0n) is 7.23. The maximum Gasteiger partial charge on any atom is 0.102 e. The van der Waals surface area contributed by atoms with E-state index in [1.165, 1.54) is 0 Å². The molecule has 0 atom stereocenters. The fraction of sp³-hybridized carbons (Fsp3) is 0.286. The standard InChI is InChI=1S/C7H10N6/c1-13-5-7(11-12-13)2-8-6-3-9-10-4-6/h3-5,8H,2H2,1H3,(H,9,10). The van der Waals surface area contributed by atoms with Gasteiger partial charge in [-0.1, -0.05) is 5.21 Å². The molecular weight excluding hydrogens is 168 g/mol. The normalized spacial score (nSPS) is 10.2. The van der Waals surface area contributed by atoms with E-state index in [1.54, 1.807) is 17.1 Å². The monoisotopic (exact) mass is 178 g/mol. The number of nitrogens with zero attached hydrogens (tertiary/aromatic N) is 4. The third-order valence-electron chi connectivity index (χ3n) is 1.62. The highest BCUT2D eigenvalue weighted by Crippen LogP contribution is 2.03. The first kappa shape index (κ1) is 7.78. The van der Waals surface area contributed by atoms with Crippen LogP contribution in [0.5, 0.6) is 0 Å². The molecule has 68 valence electrons. The molecule has 0 aliphatic rings. The predicted molar refractivity (Wildman–Crippen MR) is 46.9 cm³/mol. The highest BCUT2D eigenvalue weighted by molar-refractivity contribution is 5.37. The van der Waals surface area contributed by atoms with Crippen molar-refractivity contribution in [2.75, 3.05) is 5.32 Å². The van der Waals surface area contributed by atoms with Gasteiger partial charge in [0.05, 0.1) is 18.4 Å². The van der Waals surface area contributed by atoms with E-state index in [-0.39, 0.29) is 0 Å². The molecule has 2 aromatic heterocycles. The van der Waals surface area contributed by atoms with Crippen LogP contribution < -0.4 is 5.32 Å². The molecule has 0 fully saturated rings. The van der Waals surface area contributed by atoms with E-state index < -0.39 is 0 Å². The Hall–Kier alpha value is -1.85. The molecule has 0 spiro atoms. The van der Waals surface area contributed by atoms with Crippen molar-refractivity contribution in [1.82, 2.24) is 25.2 Å². The maximum atomic E-state index is 3.94. The summed E-state index contributed by atoms with van der Waals surface area (Å²) < 4.78 is 1.67. The minimum Gasteiger partial charge on any atom is -0.377 e. The molecule has 0 aliphatic carbocycles. The molecule has 0 saturated heterocycles. The van der Waals surface area contributed by atoms with Gasteiger partial charge in [-0.3, -0.25) is 9.78 Å². The Bertz CT molecular complexity index is 362. The van der Waals surface area contributed by atoms with Crippen LogP contribution in [-0.4, -0.2) is 25.2 Å². The van der Waals surface area contributed by atoms with Crippen molar-refractivity contribution in [3.8, 4) is 0 Å². The average molecular weight is 178 g/mol. The maximum absolute atomic E-state index is 3.94. The third kappa shape index (κ3) is 1.84. The summed E-state index contributed by atoms with van der Waals surface area (Å²) >= 11 is 0. The van der Waals surface area contributed by atoms with E-state index in [2.05, 4.69) is 25.8 Å². The molecule has 0 amide bonds. The Morgan fingerprint density at radius 2 is 2.54 bits per heavy atom. The Kier molecular flexibility index (Phi) is 1.95. The first-order chi connectivity index (χ1) is 6.34. The second-order valence-electron chi connectivity index (χ2n) is 2.72. The second kappa shape index (κ2) is 3.26. The topological polar surface area (TPSA) is 71.4 Å². The summed E-state index contributed by atoms with van der Waals surface area (Å²) in [6, 6.07) is 0. The molecule has 0 aliphatic heterocycles. The van der Waals surface area contributed by atoms with Gasteiger partial charge in [-0.15, -0.1) is 5.10 Å². The molecule has 0 radical (unpaired) electrons. The zero-order valence-corrected chi connectivity index (χ0v) is 7.23. The first-order valence-electron chi connectivity index (χ1n) is 3.92. The van der Waals surface area contributed by atoms with Crippen LogP contribution in [0.1, 0.15) is 5.69 Å². The van der Waals surface area contributed by atoms with Crippen LogP contribution in [0.3, 0.4) is 0 Å². The van der Waals surface area contributed by atoms with Gasteiger partial charge in [0, 0.05) is 19.4 Å². The molecular formula is C7H10N6. The van der Waals surface area contributed by atoms with E-state index in [4.69, 9.17) is 0 Å². The van der Waals surface area contributed by atoms with E-state index in [9.17, 15) is 0 Å². The second-order valence-corrected chi connectivity index (χ2v) is 2.72. The van der Waals surface area contributed by atoms with Crippen molar-refractivity contribution in [3.05, 3.63) is 24.3 Å². The lowest BCUT2D eigenvalue weighted by atomic mass is 10.4. The summed E-state index contributed by atoms with van der Waals surface area (Å²) in [5, 5.41) is 17.4. The molecule has 6 nitrogen and oxygen atoms in total. The quantitative estimate of drug-likeness (QED) is 0.701. The molecule has 2 aromatic rings. The summed E-state index contributed by atoms with van der Waals surface area (Å²) in [7, 11) is 1.84. The van der Waals surface area contributed by atoms with Crippen molar-refractivity contribution >= 4 is 5.69 Å². The lowest BCUT2D eigenvalue weighted by Gasteiger charge is -1.97.